The van der Waals surface area contributed by atoms with E-state index in [1.54, 1.807) is 12.1 Å². The summed E-state index contributed by atoms with van der Waals surface area (Å²) in [7, 11) is 0. The molecule has 1 aliphatic rings. The summed E-state index contributed by atoms with van der Waals surface area (Å²) in [5.74, 6) is 0.532. The number of nitrogens with zero attached hydrogens (tertiary/aromatic N) is 2. The second-order valence-electron chi connectivity index (χ2n) is 4.67. The second-order valence-corrected chi connectivity index (χ2v) is 4.67. The highest BCUT2D eigenvalue weighted by atomic mass is 16.6. The molecular formula is C13H17N3O2. The van der Waals surface area contributed by atoms with Crippen molar-refractivity contribution in [2.75, 3.05) is 5.43 Å². The zero-order valence-corrected chi connectivity index (χ0v) is 10.4. The van der Waals surface area contributed by atoms with Crippen molar-refractivity contribution in [1.82, 2.24) is 0 Å². The van der Waals surface area contributed by atoms with Crippen LogP contribution in [0.1, 0.15) is 32.6 Å². The number of rotatable bonds is 3. The molecule has 96 valence electrons. The second kappa shape index (κ2) is 5.62. The van der Waals surface area contributed by atoms with Gasteiger partial charge in [-0.2, -0.15) is 5.10 Å². The Morgan fingerprint density at radius 3 is 2.67 bits per heavy atom. The molecule has 1 N–H and O–H groups in total. The summed E-state index contributed by atoms with van der Waals surface area (Å²) in [6.45, 7) is 2.19. The highest BCUT2D eigenvalue weighted by Gasteiger charge is 2.15. The van der Waals surface area contributed by atoms with E-state index in [-0.39, 0.29) is 5.69 Å². The van der Waals surface area contributed by atoms with Gasteiger partial charge < -0.3 is 0 Å². The first-order valence-electron chi connectivity index (χ1n) is 6.24. The Bertz CT molecular complexity index is 454. The normalized spacial score (nSPS) is 21.8. The molecule has 5 nitrogen and oxygen atoms in total. The van der Waals surface area contributed by atoms with Crippen LogP contribution in [0.5, 0.6) is 0 Å². The SMILES string of the molecule is CC1CCCC/C1=N/Nc1ccc([N+](=O)[O-])cc1. The molecule has 0 amide bonds. The van der Waals surface area contributed by atoms with Crippen LogP contribution in [0.4, 0.5) is 11.4 Å². The van der Waals surface area contributed by atoms with E-state index in [2.05, 4.69) is 17.5 Å². The molecule has 1 saturated carbocycles. The van der Waals surface area contributed by atoms with E-state index in [0.717, 1.165) is 12.1 Å². The summed E-state index contributed by atoms with van der Waals surface area (Å²) in [5.41, 5.74) is 5.05. The van der Waals surface area contributed by atoms with E-state index in [9.17, 15) is 10.1 Å². The van der Waals surface area contributed by atoms with E-state index < -0.39 is 4.92 Å². The lowest BCUT2D eigenvalue weighted by Gasteiger charge is -2.20. The molecule has 0 saturated heterocycles. The Morgan fingerprint density at radius 1 is 1.33 bits per heavy atom. The van der Waals surface area contributed by atoms with Gasteiger partial charge in [-0.25, -0.2) is 0 Å². The fourth-order valence-corrected chi connectivity index (χ4v) is 2.13. The highest BCUT2D eigenvalue weighted by Crippen LogP contribution is 2.22. The first-order chi connectivity index (χ1) is 8.66. The van der Waals surface area contributed by atoms with Crippen LogP contribution >= 0.6 is 0 Å². The van der Waals surface area contributed by atoms with Crippen molar-refractivity contribution in [2.45, 2.75) is 32.6 Å². The maximum Gasteiger partial charge on any atom is 0.269 e. The van der Waals surface area contributed by atoms with Gasteiger partial charge >= 0.3 is 0 Å². The number of nitrogens with one attached hydrogen (secondary N) is 1. The van der Waals surface area contributed by atoms with Gasteiger partial charge in [0, 0.05) is 17.8 Å². The Labute approximate surface area is 106 Å². The summed E-state index contributed by atoms with van der Waals surface area (Å²) < 4.78 is 0. The topological polar surface area (TPSA) is 67.5 Å². The minimum atomic E-state index is -0.404. The fraction of sp³-hybridized carbons (Fsp3) is 0.462. The van der Waals surface area contributed by atoms with Crippen LogP contribution in [-0.2, 0) is 0 Å². The summed E-state index contributed by atoms with van der Waals surface area (Å²) in [4.78, 5) is 10.1. The lowest BCUT2D eigenvalue weighted by Crippen LogP contribution is -2.17. The Kier molecular flexibility index (Phi) is 3.92. The number of anilines is 1. The molecule has 1 aliphatic carbocycles. The maximum atomic E-state index is 10.5. The molecule has 1 atom stereocenters. The summed E-state index contributed by atoms with van der Waals surface area (Å²) in [6.07, 6.45) is 4.71. The molecule has 0 aliphatic heterocycles. The third-order valence-electron chi connectivity index (χ3n) is 3.30. The molecule has 0 bridgehead atoms. The minimum absolute atomic E-state index is 0.0965. The minimum Gasteiger partial charge on any atom is -0.279 e. The Morgan fingerprint density at radius 2 is 2.06 bits per heavy atom. The van der Waals surface area contributed by atoms with Crippen LogP contribution in [-0.4, -0.2) is 10.6 Å². The molecule has 18 heavy (non-hydrogen) atoms. The average Bonchev–Trinajstić information content (AvgIpc) is 2.38. The molecule has 1 aromatic rings. The van der Waals surface area contributed by atoms with Gasteiger partial charge in [-0.15, -0.1) is 0 Å². The number of hydrogen-bond acceptors (Lipinski definition) is 4. The predicted octanol–water partition coefficient (Wildman–Crippen LogP) is 3.57. The van der Waals surface area contributed by atoms with Gasteiger partial charge in [0.15, 0.2) is 0 Å². The van der Waals surface area contributed by atoms with Gasteiger partial charge in [-0.1, -0.05) is 13.3 Å². The predicted molar refractivity (Wildman–Crippen MR) is 71.8 cm³/mol. The van der Waals surface area contributed by atoms with E-state index in [4.69, 9.17) is 0 Å². The van der Waals surface area contributed by atoms with Gasteiger partial charge in [0.25, 0.3) is 5.69 Å². The number of nitro groups is 1. The highest BCUT2D eigenvalue weighted by molar-refractivity contribution is 5.87. The van der Waals surface area contributed by atoms with Gasteiger partial charge in [0.05, 0.1) is 10.6 Å². The van der Waals surface area contributed by atoms with Crippen LogP contribution in [0.15, 0.2) is 29.4 Å². The number of hydrazone groups is 1. The molecule has 1 fully saturated rings. The first kappa shape index (κ1) is 12.5. The van der Waals surface area contributed by atoms with E-state index in [1.807, 2.05) is 0 Å². The standard InChI is InChI=1S/C13H17N3O2/c1-10-4-2-3-5-13(10)15-14-11-6-8-12(9-7-11)16(17)18/h6-10,14H,2-5H2,1H3/b15-13-. The Balaban J connectivity index is 2.01. The van der Waals surface area contributed by atoms with E-state index in [0.29, 0.717) is 5.92 Å². The van der Waals surface area contributed by atoms with Crippen LogP contribution in [0.2, 0.25) is 0 Å². The molecule has 1 aromatic carbocycles. The molecule has 5 heteroatoms. The third-order valence-corrected chi connectivity index (χ3v) is 3.30. The summed E-state index contributed by atoms with van der Waals surface area (Å²) in [5, 5.41) is 14.9. The Hall–Kier alpha value is -1.91. The first-order valence-corrected chi connectivity index (χ1v) is 6.24. The van der Waals surface area contributed by atoms with Crippen molar-refractivity contribution >= 4 is 17.1 Å². The van der Waals surface area contributed by atoms with Crippen LogP contribution in [0, 0.1) is 16.0 Å². The van der Waals surface area contributed by atoms with Gasteiger partial charge in [-0.05, 0) is 37.3 Å². The monoisotopic (exact) mass is 247 g/mol. The lowest BCUT2D eigenvalue weighted by molar-refractivity contribution is -0.384. The summed E-state index contributed by atoms with van der Waals surface area (Å²) in [6, 6.07) is 6.31. The lowest BCUT2D eigenvalue weighted by atomic mass is 9.89. The number of hydrogen-bond donors (Lipinski definition) is 1. The van der Waals surface area contributed by atoms with Gasteiger partial charge in [-0.3, -0.25) is 15.5 Å². The third kappa shape index (κ3) is 3.06. The molecular weight excluding hydrogens is 230 g/mol. The largest absolute Gasteiger partial charge is 0.279 e. The van der Waals surface area contributed by atoms with Crippen LogP contribution < -0.4 is 5.43 Å². The zero-order valence-electron chi connectivity index (χ0n) is 10.4. The van der Waals surface area contributed by atoms with Crippen molar-refractivity contribution in [3.05, 3.63) is 34.4 Å². The molecule has 2 rings (SSSR count). The molecule has 0 heterocycles. The van der Waals surface area contributed by atoms with Crippen molar-refractivity contribution in [2.24, 2.45) is 11.0 Å². The van der Waals surface area contributed by atoms with Gasteiger partial charge in [0.1, 0.15) is 0 Å². The van der Waals surface area contributed by atoms with Crippen LogP contribution in [0.3, 0.4) is 0 Å². The van der Waals surface area contributed by atoms with Crippen molar-refractivity contribution in [1.29, 1.82) is 0 Å². The number of nitro benzene ring substituents is 1. The van der Waals surface area contributed by atoms with E-state index >= 15 is 0 Å². The van der Waals surface area contributed by atoms with Crippen LogP contribution in [0.25, 0.3) is 0 Å². The van der Waals surface area contributed by atoms with Gasteiger partial charge in [0.2, 0.25) is 0 Å². The van der Waals surface area contributed by atoms with Crippen molar-refractivity contribution in [3.63, 3.8) is 0 Å². The smallest absolute Gasteiger partial charge is 0.269 e. The molecule has 1 unspecified atom stereocenters. The molecule has 0 radical (unpaired) electrons. The van der Waals surface area contributed by atoms with E-state index in [1.165, 1.54) is 37.1 Å². The van der Waals surface area contributed by atoms with Crippen molar-refractivity contribution < 1.29 is 4.92 Å². The van der Waals surface area contributed by atoms with Crippen molar-refractivity contribution in [3.8, 4) is 0 Å². The number of non-ortho nitro benzene ring substituents is 1. The number of benzene rings is 1. The average molecular weight is 247 g/mol. The maximum absolute atomic E-state index is 10.5. The fourth-order valence-electron chi connectivity index (χ4n) is 2.13. The summed E-state index contributed by atoms with van der Waals surface area (Å²) >= 11 is 0. The molecule has 0 spiro atoms. The molecule has 0 aromatic heterocycles. The zero-order chi connectivity index (χ0) is 13.0. The quantitative estimate of drug-likeness (QED) is 0.655.